The molecule has 1 heterocycles. The highest BCUT2D eigenvalue weighted by Crippen LogP contribution is 2.40. The summed E-state index contributed by atoms with van der Waals surface area (Å²) in [5.41, 5.74) is -3.02. The second-order valence-corrected chi connectivity index (χ2v) is 7.37. The van der Waals surface area contributed by atoms with Gasteiger partial charge in [-0.15, -0.1) is 0 Å². The molecule has 1 N–H and O–H groups in total. The lowest BCUT2D eigenvalue weighted by Gasteiger charge is -2.20. The van der Waals surface area contributed by atoms with Crippen LogP contribution < -0.4 is 5.32 Å². The molecule has 0 saturated heterocycles. The highest BCUT2D eigenvalue weighted by atomic mass is 35.5. The van der Waals surface area contributed by atoms with Crippen LogP contribution in [0.15, 0.2) is 24.4 Å². The van der Waals surface area contributed by atoms with E-state index in [0.717, 1.165) is 44.7 Å². The molecule has 1 aliphatic rings. The van der Waals surface area contributed by atoms with Crippen LogP contribution >= 0.6 is 11.6 Å². The van der Waals surface area contributed by atoms with E-state index in [2.05, 4.69) is 15.3 Å². The predicted molar refractivity (Wildman–Crippen MR) is 97.6 cm³/mol. The highest BCUT2D eigenvalue weighted by molar-refractivity contribution is 6.28. The maximum absolute atomic E-state index is 13.2. The standard InChI is InChI=1S/C19H18ClF6N3/c20-17-27-10-15(16(29-17)28-14-5-3-1-2-4-6-14)11-7-12(18(21,22)23)9-13(8-11)19(24,25)26/h7-10,14H,1-6H2,(H,27,28,29). The van der Waals surface area contributed by atoms with Gasteiger partial charge in [-0.1, -0.05) is 25.7 Å². The van der Waals surface area contributed by atoms with Crippen molar-refractivity contribution in [2.45, 2.75) is 56.9 Å². The van der Waals surface area contributed by atoms with E-state index in [1.54, 1.807) is 0 Å². The zero-order chi connectivity index (χ0) is 21.2. The van der Waals surface area contributed by atoms with Gasteiger partial charge >= 0.3 is 12.4 Å². The maximum Gasteiger partial charge on any atom is 0.416 e. The van der Waals surface area contributed by atoms with Crippen LogP contribution in [0.5, 0.6) is 0 Å². The zero-order valence-electron chi connectivity index (χ0n) is 15.2. The van der Waals surface area contributed by atoms with Crippen LogP contribution in [0.4, 0.5) is 32.2 Å². The molecule has 0 bridgehead atoms. The van der Waals surface area contributed by atoms with E-state index in [1.165, 1.54) is 0 Å². The third kappa shape index (κ3) is 5.52. The molecule has 1 aliphatic carbocycles. The van der Waals surface area contributed by atoms with Crippen LogP contribution in [-0.2, 0) is 12.4 Å². The largest absolute Gasteiger partial charge is 0.416 e. The van der Waals surface area contributed by atoms with Crippen molar-refractivity contribution in [3.05, 3.63) is 40.8 Å². The Hall–Kier alpha value is -2.03. The Morgan fingerprint density at radius 1 is 0.862 bits per heavy atom. The van der Waals surface area contributed by atoms with Gasteiger partial charge < -0.3 is 5.32 Å². The third-order valence-corrected chi connectivity index (χ3v) is 5.04. The Bertz CT molecular complexity index is 826. The SMILES string of the molecule is FC(F)(F)c1cc(-c2cnc(Cl)nc2NC2CCCCCC2)cc(C(F)(F)F)c1. The molecular weight excluding hydrogens is 420 g/mol. The average molecular weight is 438 g/mol. The van der Waals surface area contributed by atoms with Gasteiger partial charge in [0.15, 0.2) is 0 Å². The monoisotopic (exact) mass is 437 g/mol. The molecule has 3 rings (SSSR count). The summed E-state index contributed by atoms with van der Waals surface area (Å²) in [5, 5.41) is 3.00. The molecule has 0 atom stereocenters. The van der Waals surface area contributed by atoms with Gasteiger partial charge in [-0.3, -0.25) is 0 Å². The summed E-state index contributed by atoms with van der Waals surface area (Å²) in [6, 6.07) is 1.44. The van der Waals surface area contributed by atoms with Gasteiger partial charge in [-0.25, -0.2) is 9.97 Å². The van der Waals surface area contributed by atoms with E-state index < -0.39 is 23.5 Å². The molecule has 1 saturated carbocycles. The van der Waals surface area contributed by atoms with Crippen molar-refractivity contribution in [3.63, 3.8) is 0 Å². The van der Waals surface area contributed by atoms with E-state index in [0.29, 0.717) is 12.1 Å². The third-order valence-electron chi connectivity index (χ3n) is 4.85. The van der Waals surface area contributed by atoms with Crippen molar-refractivity contribution >= 4 is 17.4 Å². The van der Waals surface area contributed by atoms with Crippen molar-refractivity contribution < 1.29 is 26.3 Å². The first kappa shape index (κ1) is 21.7. The van der Waals surface area contributed by atoms with E-state index >= 15 is 0 Å². The molecule has 2 aromatic rings. The van der Waals surface area contributed by atoms with Crippen LogP contribution in [0.1, 0.15) is 49.7 Å². The molecule has 1 aromatic carbocycles. The van der Waals surface area contributed by atoms with Crippen LogP contribution in [0.3, 0.4) is 0 Å². The fourth-order valence-corrected chi connectivity index (χ4v) is 3.54. The van der Waals surface area contributed by atoms with Crippen molar-refractivity contribution in [1.29, 1.82) is 0 Å². The van der Waals surface area contributed by atoms with E-state index in [-0.39, 0.29) is 34.3 Å². The van der Waals surface area contributed by atoms with Crippen LogP contribution in [-0.4, -0.2) is 16.0 Å². The molecule has 0 unspecified atom stereocenters. The summed E-state index contributed by atoms with van der Waals surface area (Å²) in [6.45, 7) is 0. The Balaban J connectivity index is 2.07. The summed E-state index contributed by atoms with van der Waals surface area (Å²) in [7, 11) is 0. The minimum Gasteiger partial charge on any atom is -0.367 e. The molecule has 3 nitrogen and oxygen atoms in total. The number of halogens is 7. The lowest BCUT2D eigenvalue weighted by molar-refractivity contribution is -0.143. The van der Waals surface area contributed by atoms with Crippen LogP contribution in [0, 0.1) is 0 Å². The number of anilines is 1. The summed E-state index contributed by atoms with van der Waals surface area (Å²) < 4.78 is 79.2. The van der Waals surface area contributed by atoms with Crippen LogP contribution in [0.25, 0.3) is 11.1 Å². The molecule has 1 aromatic heterocycles. The molecule has 0 aliphatic heterocycles. The van der Waals surface area contributed by atoms with E-state index in [1.807, 2.05) is 0 Å². The number of rotatable bonds is 3. The minimum absolute atomic E-state index is 0.00935. The number of aromatic nitrogens is 2. The molecule has 158 valence electrons. The van der Waals surface area contributed by atoms with Gasteiger partial charge in [-0.05, 0) is 48.2 Å². The summed E-state index contributed by atoms with van der Waals surface area (Å²) in [6.07, 6.45) is -2.94. The van der Waals surface area contributed by atoms with Gasteiger partial charge in [0.2, 0.25) is 5.28 Å². The normalized spacial score (nSPS) is 16.5. The maximum atomic E-state index is 13.2. The van der Waals surface area contributed by atoms with Gasteiger partial charge in [0, 0.05) is 17.8 Å². The summed E-state index contributed by atoms with van der Waals surface area (Å²) in [5.74, 6) is 0.129. The predicted octanol–water partition coefficient (Wildman–Crippen LogP) is 6.97. The zero-order valence-corrected chi connectivity index (χ0v) is 15.9. The molecule has 29 heavy (non-hydrogen) atoms. The quantitative estimate of drug-likeness (QED) is 0.320. The van der Waals surface area contributed by atoms with Gasteiger partial charge in [0.1, 0.15) is 5.82 Å². The minimum atomic E-state index is -4.93. The van der Waals surface area contributed by atoms with Gasteiger partial charge in [0.05, 0.1) is 11.1 Å². The van der Waals surface area contributed by atoms with Crippen molar-refractivity contribution in [3.8, 4) is 11.1 Å². The Labute approximate surface area is 168 Å². The number of alkyl halides is 6. The lowest BCUT2D eigenvalue weighted by atomic mass is 9.99. The molecule has 10 heteroatoms. The number of hydrogen-bond donors (Lipinski definition) is 1. The first-order chi connectivity index (χ1) is 13.5. The van der Waals surface area contributed by atoms with Crippen molar-refractivity contribution in [2.75, 3.05) is 5.32 Å². The topological polar surface area (TPSA) is 37.8 Å². The van der Waals surface area contributed by atoms with E-state index in [9.17, 15) is 26.3 Å². The second-order valence-electron chi connectivity index (χ2n) is 7.03. The number of hydrogen-bond acceptors (Lipinski definition) is 3. The smallest absolute Gasteiger partial charge is 0.367 e. The van der Waals surface area contributed by atoms with Crippen molar-refractivity contribution in [2.24, 2.45) is 0 Å². The Kier molecular flexibility index (Phi) is 6.26. The molecule has 0 radical (unpaired) electrons. The molecule has 0 amide bonds. The fourth-order valence-electron chi connectivity index (χ4n) is 3.41. The number of nitrogens with zero attached hydrogens (tertiary/aromatic N) is 2. The fraction of sp³-hybridized carbons (Fsp3) is 0.474. The van der Waals surface area contributed by atoms with Crippen molar-refractivity contribution in [1.82, 2.24) is 9.97 Å². The summed E-state index contributed by atoms with van der Waals surface area (Å²) in [4.78, 5) is 7.80. The second kappa shape index (κ2) is 8.38. The molecular formula is C19H18ClF6N3. The molecule has 0 spiro atoms. The van der Waals surface area contributed by atoms with E-state index in [4.69, 9.17) is 11.6 Å². The summed E-state index contributed by atoms with van der Waals surface area (Å²) >= 11 is 5.84. The van der Waals surface area contributed by atoms with Gasteiger partial charge in [-0.2, -0.15) is 26.3 Å². The Morgan fingerprint density at radius 3 is 1.93 bits per heavy atom. The lowest BCUT2D eigenvalue weighted by Crippen LogP contribution is -2.20. The first-order valence-corrected chi connectivity index (χ1v) is 9.51. The van der Waals surface area contributed by atoms with Crippen LogP contribution in [0.2, 0.25) is 5.28 Å². The Morgan fingerprint density at radius 2 is 1.41 bits per heavy atom. The highest BCUT2D eigenvalue weighted by Gasteiger charge is 2.37. The van der Waals surface area contributed by atoms with Gasteiger partial charge in [0.25, 0.3) is 0 Å². The number of nitrogens with one attached hydrogen (secondary N) is 1. The average Bonchev–Trinajstić information content (AvgIpc) is 2.89. The molecule has 1 fully saturated rings. The first-order valence-electron chi connectivity index (χ1n) is 9.13. The number of benzene rings is 1.